The minimum Gasteiger partial charge on any atom is -0.497 e. The van der Waals surface area contributed by atoms with E-state index in [1.54, 1.807) is 7.11 Å². The van der Waals surface area contributed by atoms with Crippen LogP contribution >= 0.6 is 0 Å². The highest BCUT2D eigenvalue weighted by molar-refractivity contribution is 5.43. The standard InChI is InChI=1S/C11H15NO2/c1-7-5-10(12)9-4-3-8(13-2)6-11(9)14-7/h3-4,6-7,10H,5,12H2,1-2H3/t7-,10-/m0/s1. The summed E-state index contributed by atoms with van der Waals surface area (Å²) in [6.07, 6.45) is 1.06. The highest BCUT2D eigenvalue weighted by atomic mass is 16.5. The summed E-state index contributed by atoms with van der Waals surface area (Å²) in [7, 11) is 1.65. The SMILES string of the molecule is COc1ccc2c(c1)O[C@@H](C)C[C@@H]2N. The van der Waals surface area contributed by atoms with Crippen LogP contribution in [0.3, 0.4) is 0 Å². The molecule has 0 aliphatic carbocycles. The summed E-state index contributed by atoms with van der Waals surface area (Å²) in [4.78, 5) is 0. The van der Waals surface area contributed by atoms with Gasteiger partial charge < -0.3 is 15.2 Å². The van der Waals surface area contributed by atoms with Crippen LogP contribution in [0.2, 0.25) is 0 Å². The summed E-state index contributed by atoms with van der Waals surface area (Å²) in [6, 6.07) is 5.87. The zero-order valence-electron chi connectivity index (χ0n) is 8.49. The zero-order chi connectivity index (χ0) is 10.1. The molecule has 0 radical (unpaired) electrons. The normalized spacial score (nSPS) is 25.1. The van der Waals surface area contributed by atoms with Gasteiger partial charge in [-0.25, -0.2) is 0 Å². The van der Waals surface area contributed by atoms with Crippen LogP contribution in [-0.4, -0.2) is 13.2 Å². The van der Waals surface area contributed by atoms with Crippen molar-refractivity contribution in [3.05, 3.63) is 23.8 Å². The molecule has 2 rings (SSSR count). The maximum Gasteiger partial charge on any atom is 0.128 e. The van der Waals surface area contributed by atoms with Crippen LogP contribution in [0.4, 0.5) is 0 Å². The van der Waals surface area contributed by atoms with Gasteiger partial charge in [0.2, 0.25) is 0 Å². The van der Waals surface area contributed by atoms with Crippen LogP contribution in [0.15, 0.2) is 18.2 Å². The summed E-state index contributed by atoms with van der Waals surface area (Å²) in [6.45, 7) is 2.03. The van der Waals surface area contributed by atoms with Gasteiger partial charge in [-0.05, 0) is 13.0 Å². The van der Waals surface area contributed by atoms with E-state index in [1.807, 2.05) is 25.1 Å². The Balaban J connectivity index is 2.39. The second-order valence-corrected chi connectivity index (χ2v) is 3.67. The fourth-order valence-corrected chi connectivity index (χ4v) is 1.80. The van der Waals surface area contributed by atoms with Gasteiger partial charge in [-0.15, -0.1) is 0 Å². The average Bonchev–Trinajstić information content (AvgIpc) is 2.16. The van der Waals surface area contributed by atoms with Gasteiger partial charge >= 0.3 is 0 Å². The molecule has 1 aromatic carbocycles. The van der Waals surface area contributed by atoms with E-state index < -0.39 is 0 Å². The predicted molar refractivity (Wildman–Crippen MR) is 54.6 cm³/mol. The van der Waals surface area contributed by atoms with Gasteiger partial charge in [0, 0.05) is 24.1 Å². The van der Waals surface area contributed by atoms with Crippen LogP contribution in [0.1, 0.15) is 24.9 Å². The molecule has 0 spiro atoms. The van der Waals surface area contributed by atoms with Gasteiger partial charge in [0.05, 0.1) is 13.2 Å². The van der Waals surface area contributed by atoms with E-state index in [0.29, 0.717) is 0 Å². The molecule has 0 amide bonds. The van der Waals surface area contributed by atoms with E-state index in [9.17, 15) is 0 Å². The number of hydrogen-bond acceptors (Lipinski definition) is 3. The van der Waals surface area contributed by atoms with Gasteiger partial charge in [0.1, 0.15) is 11.5 Å². The van der Waals surface area contributed by atoms with Crippen molar-refractivity contribution in [2.75, 3.05) is 7.11 Å². The smallest absolute Gasteiger partial charge is 0.128 e. The lowest BCUT2D eigenvalue weighted by Crippen LogP contribution is -2.27. The number of benzene rings is 1. The third-order valence-electron chi connectivity index (χ3n) is 2.53. The maximum absolute atomic E-state index is 6.01. The molecule has 0 saturated carbocycles. The van der Waals surface area contributed by atoms with Gasteiger partial charge in [0.15, 0.2) is 0 Å². The molecule has 1 aliphatic rings. The highest BCUT2D eigenvalue weighted by Crippen LogP contribution is 2.35. The molecule has 1 heterocycles. The highest BCUT2D eigenvalue weighted by Gasteiger charge is 2.23. The lowest BCUT2D eigenvalue weighted by Gasteiger charge is -2.28. The third-order valence-corrected chi connectivity index (χ3v) is 2.53. The quantitative estimate of drug-likeness (QED) is 0.740. The topological polar surface area (TPSA) is 44.5 Å². The Bertz CT molecular complexity index is 338. The van der Waals surface area contributed by atoms with Gasteiger partial charge in [-0.2, -0.15) is 0 Å². The first-order chi connectivity index (χ1) is 6.70. The molecule has 1 aromatic rings. The zero-order valence-corrected chi connectivity index (χ0v) is 8.49. The van der Waals surface area contributed by atoms with E-state index in [4.69, 9.17) is 15.2 Å². The molecular formula is C11H15NO2. The second-order valence-electron chi connectivity index (χ2n) is 3.67. The van der Waals surface area contributed by atoms with Crippen molar-refractivity contribution >= 4 is 0 Å². The summed E-state index contributed by atoms with van der Waals surface area (Å²) < 4.78 is 10.8. The Morgan fingerprint density at radius 2 is 2.29 bits per heavy atom. The Hall–Kier alpha value is -1.22. The fraction of sp³-hybridized carbons (Fsp3) is 0.455. The van der Waals surface area contributed by atoms with Crippen LogP contribution in [0, 0.1) is 0 Å². The number of methoxy groups -OCH3 is 1. The first kappa shape index (κ1) is 9.34. The first-order valence-corrected chi connectivity index (χ1v) is 4.81. The van der Waals surface area contributed by atoms with E-state index >= 15 is 0 Å². The first-order valence-electron chi connectivity index (χ1n) is 4.81. The molecule has 14 heavy (non-hydrogen) atoms. The predicted octanol–water partition coefficient (Wildman–Crippen LogP) is 1.87. The van der Waals surface area contributed by atoms with Crippen LogP contribution in [-0.2, 0) is 0 Å². The average molecular weight is 193 g/mol. The number of hydrogen-bond donors (Lipinski definition) is 1. The Morgan fingerprint density at radius 1 is 1.50 bits per heavy atom. The molecule has 3 nitrogen and oxygen atoms in total. The molecule has 76 valence electrons. The van der Waals surface area contributed by atoms with E-state index in [-0.39, 0.29) is 12.1 Å². The van der Waals surface area contributed by atoms with Crippen molar-refractivity contribution < 1.29 is 9.47 Å². The summed E-state index contributed by atoms with van der Waals surface area (Å²) in [5.41, 5.74) is 7.08. The third kappa shape index (κ3) is 1.55. The molecule has 2 N–H and O–H groups in total. The van der Waals surface area contributed by atoms with Gasteiger partial charge in [-0.3, -0.25) is 0 Å². The largest absolute Gasteiger partial charge is 0.497 e. The summed E-state index contributed by atoms with van der Waals surface area (Å²) in [5, 5.41) is 0. The molecule has 3 heteroatoms. The Morgan fingerprint density at radius 3 is 3.00 bits per heavy atom. The lowest BCUT2D eigenvalue weighted by atomic mass is 9.98. The van der Waals surface area contributed by atoms with Gasteiger partial charge in [0.25, 0.3) is 0 Å². The molecule has 0 aromatic heterocycles. The van der Waals surface area contributed by atoms with E-state index in [1.165, 1.54) is 0 Å². The molecule has 0 bridgehead atoms. The van der Waals surface area contributed by atoms with Crippen LogP contribution < -0.4 is 15.2 Å². The van der Waals surface area contributed by atoms with Gasteiger partial charge in [-0.1, -0.05) is 6.07 Å². The van der Waals surface area contributed by atoms with E-state index in [2.05, 4.69) is 0 Å². The number of rotatable bonds is 1. The Labute approximate surface area is 83.8 Å². The van der Waals surface area contributed by atoms with Crippen molar-refractivity contribution in [3.63, 3.8) is 0 Å². The van der Waals surface area contributed by atoms with E-state index in [0.717, 1.165) is 23.5 Å². The Kier molecular flexibility index (Phi) is 2.33. The fourth-order valence-electron chi connectivity index (χ4n) is 1.80. The maximum atomic E-state index is 6.01. The van der Waals surface area contributed by atoms with Crippen molar-refractivity contribution in [2.24, 2.45) is 5.73 Å². The molecule has 0 fully saturated rings. The lowest BCUT2D eigenvalue weighted by molar-refractivity contribution is 0.176. The van der Waals surface area contributed by atoms with Crippen LogP contribution in [0.25, 0.3) is 0 Å². The molecule has 0 saturated heterocycles. The number of fused-ring (bicyclic) bond motifs is 1. The molecule has 1 aliphatic heterocycles. The summed E-state index contributed by atoms with van der Waals surface area (Å²) >= 11 is 0. The number of ether oxygens (including phenoxy) is 2. The van der Waals surface area contributed by atoms with Crippen molar-refractivity contribution in [3.8, 4) is 11.5 Å². The van der Waals surface area contributed by atoms with Crippen molar-refractivity contribution in [1.82, 2.24) is 0 Å². The monoisotopic (exact) mass is 193 g/mol. The number of nitrogens with two attached hydrogens (primary N) is 1. The molecule has 2 atom stereocenters. The van der Waals surface area contributed by atoms with Crippen LogP contribution in [0.5, 0.6) is 11.5 Å². The minimum absolute atomic E-state index is 0.0830. The minimum atomic E-state index is 0.0830. The van der Waals surface area contributed by atoms with Crippen molar-refractivity contribution in [1.29, 1.82) is 0 Å². The second kappa shape index (κ2) is 3.50. The molecule has 0 unspecified atom stereocenters. The van der Waals surface area contributed by atoms with Crippen molar-refractivity contribution in [2.45, 2.75) is 25.5 Å². The summed E-state index contributed by atoms with van der Waals surface area (Å²) in [5.74, 6) is 1.67. The molecular weight excluding hydrogens is 178 g/mol.